The van der Waals surface area contributed by atoms with Crippen LogP contribution in [0.15, 0.2) is 4.99 Å². The fraction of sp³-hybridized carbons (Fsp3) is 0.944. The summed E-state index contributed by atoms with van der Waals surface area (Å²) in [4.78, 5) is 4.71. The Hall–Kier alpha value is -0.890. The molecular weight excluding hydrogens is 322 g/mol. The number of rotatable bonds is 11. The number of aliphatic imine (C=N–C) groups is 1. The third-order valence-corrected chi connectivity index (χ3v) is 4.83. The van der Waals surface area contributed by atoms with Crippen LogP contribution in [0.4, 0.5) is 0 Å². The molecule has 2 rings (SSSR count). The molecule has 2 saturated heterocycles. The first-order chi connectivity index (χ1) is 12.3. The van der Waals surface area contributed by atoms with E-state index in [0.29, 0.717) is 25.9 Å². The van der Waals surface area contributed by atoms with Crippen LogP contribution >= 0.6 is 0 Å². The van der Waals surface area contributed by atoms with Crippen molar-refractivity contribution in [2.75, 3.05) is 59.3 Å². The normalized spacial score (nSPS) is 27.0. The minimum atomic E-state index is -0.0124. The molecule has 2 fully saturated rings. The predicted molar refractivity (Wildman–Crippen MR) is 98.0 cm³/mol. The van der Waals surface area contributed by atoms with Crippen LogP contribution in [0.3, 0.4) is 0 Å². The van der Waals surface area contributed by atoms with Crippen LogP contribution in [0.5, 0.6) is 0 Å². The zero-order chi connectivity index (χ0) is 17.8. The number of nitrogens with one attached hydrogen (secondary N) is 2. The van der Waals surface area contributed by atoms with Crippen molar-refractivity contribution in [3.63, 3.8) is 0 Å². The molecule has 0 radical (unpaired) electrons. The molecule has 7 heteroatoms. The maximum atomic E-state index is 9.30. The molecule has 0 saturated carbocycles. The molecular formula is C18H35N3O4. The molecule has 0 aromatic rings. The summed E-state index contributed by atoms with van der Waals surface area (Å²) in [5.74, 6) is 0.825. The van der Waals surface area contributed by atoms with E-state index in [1.165, 1.54) is 0 Å². The first kappa shape index (κ1) is 20.4. The van der Waals surface area contributed by atoms with E-state index in [1.807, 2.05) is 0 Å². The molecule has 0 spiro atoms. The van der Waals surface area contributed by atoms with Gasteiger partial charge >= 0.3 is 0 Å². The maximum absolute atomic E-state index is 9.30. The Bertz CT molecular complexity index is 381. The average molecular weight is 357 g/mol. The van der Waals surface area contributed by atoms with Crippen LogP contribution in [-0.2, 0) is 14.2 Å². The number of aliphatic hydroxyl groups is 1. The summed E-state index contributed by atoms with van der Waals surface area (Å²) in [6, 6.07) is 0. The monoisotopic (exact) mass is 357 g/mol. The van der Waals surface area contributed by atoms with Crippen LogP contribution in [0.2, 0.25) is 0 Å². The SMILES string of the molecule is CCNC(=NCC1(CCO)CCOC1)NCCCOCC1CCCO1. The fourth-order valence-corrected chi connectivity index (χ4v) is 3.25. The van der Waals surface area contributed by atoms with Gasteiger partial charge in [0.2, 0.25) is 0 Å². The summed E-state index contributed by atoms with van der Waals surface area (Å²) in [6.45, 7) is 8.33. The summed E-state index contributed by atoms with van der Waals surface area (Å²) >= 11 is 0. The minimum absolute atomic E-state index is 0.0124. The van der Waals surface area contributed by atoms with Crippen molar-refractivity contribution in [3.05, 3.63) is 0 Å². The van der Waals surface area contributed by atoms with Gasteiger partial charge in [-0.2, -0.15) is 0 Å². The molecule has 146 valence electrons. The molecule has 3 N–H and O–H groups in total. The minimum Gasteiger partial charge on any atom is -0.396 e. The predicted octanol–water partition coefficient (Wildman–Crippen LogP) is 0.916. The van der Waals surface area contributed by atoms with Gasteiger partial charge in [-0.05, 0) is 39.0 Å². The van der Waals surface area contributed by atoms with Crippen LogP contribution in [0.1, 0.15) is 39.0 Å². The maximum Gasteiger partial charge on any atom is 0.191 e. The lowest BCUT2D eigenvalue weighted by Crippen LogP contribution is -2.39. The summed E-state index contributed by atoms with van der Waals surface area (Å²) in [6.07, 6.45) is 5.21. The van der Waals surface area contributed by atoms with E-state index in [1.54, 1.807) is 0 Å². The highest BCUT2D eigenvalue weighted by Crippen LogP contribution is 2.32. The number of nitrogens with zero attached hydrogens (tertiary/aromatic N) is 1. The second kappa shape index (κ2) is 11.7. The third kappa shape index (κ3) is 7.48. The number of hydrogen-bond donors (Lipinski definition) is 3. The van der Waals surface area contributed by atoms with Gasteiger partial charge in [0, 0.05) is 44.9 Å². The molecule has 2 aliphatic rings. The van der Waals surface area contributed by atoms with E-state index in [-0.39, 0.29) is 12.0 Å². The van der Waals surface area contributed by atoms with Gasteiger partial charge in [0.25, 0.3) is 0 Å². The first-order valence-electron chi connectivity index (χ1n) is 9.68. The second-order valence-electron chi connectivity index (χ2n) is 6.96. The lowest BCUT2D eigenvalue weighted by molar-refractivity contribution is 0.0168. The molecule has 0 aliphatic carbocycles. The Kier molecular flexibility index (Phi) is 9.54. The lowest BCUT2D eigenvalue weighted by Gasteiger charge is -2.24. The molecule has 2 heterocycles. The number of hydrogen-bond acceptors (Lipinski definition) is 5. The Morgan fingerprint density at radius 1 is 1.36 bits per heavy atom. The van der Waals surface area contributed by atoms with Crippen molar-refractivity contribution in [1.82, 2.24) is 10.6 Å². The van der Waals surface area contributed by atoms with Gasteiger partial charge in [0.15, 0.2) is 5.96 Å². The zero-order valence-electron chi connectivity index (χ0n) is 15.6. The zero-order valence-corrected chi connectivity index (χ0v) is 15.6. The van der Waals surface area contributed by atoms with Crippen molar-refractivity contribution < 1.29 is 19.3 Å². The molecule has 0 amide bonds. The Morgan fingerprint density at radius 3 is 2.96 bits per heavy atom. The van der Waals surface area contributed by atoms with E-state index in [2.05, 4.69) is 17.6 Å². The molecule has 7 nitrogen and oxygen atoms in total. The van der Waals surface area contributed by atoms with Crippen molar-refractivity contribution in [3.8, 4) is 0 Å². The summed E-state index contributed by atoms with van der Waals surface area (Å²) in [5, 5.41) is 15.9. The number of ether oxygens (including phenoxy) is 3. The Balaban J connectivity index is 1.64. The molecule has 0 aromatic heterocycles. The van der Waals surface area contributed by atoms with Gasteiger partial charge in [-0.15, -0.1) is 0 Å². The average Bonchev–Trinajstić information content (AvgIpc) is 3.28. The molecule has 2 unspecified atom stereocenters. The highest BCUT2D eigenvalue weighted by atomic mass is 16.5. The van der Waals surface area contributed by atoms with Crippen molar-refractivity contribution >= 4 is 5.96 Å². The molecule has 2 atom stereocenters. The third-order valence-electron chi connectivity index (χ3n) is 4.83. The van der Waals surface area contributed by atoms with Crippen LogP contribution in [-0.4, -0.2) is 76.4 Å². The second-order valence-corrected chi connectivity index (χ2v) is 6.96. The van der Waals surface area contributed by atoms with Crippen molar-refractivity contribution in [2.24, 2.45) is 10.4 Å². The van der Waals surface area contributed by atoms with Crippen molar-refractivity contribution in [2.45, 2.75) is 45.1 Å². The molecule has 2 aliphatic heterocycles. The summed E-state index contributed by atoms with van der Waals surface area (Å²) in [7, 11) is 0. The Labute approximate surface area is 151 Å². The van der Waals surface area contributed by atoms with Gasteiger partial charge in [-0.1, -0.05) is 0 Å². The van der Waals surface area contributed by atoms with Gasteiger partial charge < -0.3 is 30.0 Å². The van der Waals surface area contributed by atoms with Gasteiger partial charge in [-0.3, -0.25) is 4.99 Å². The molecule has 0 aromatic carbocycles. The highest BCUT2D eigenvalue weighted by molar-refractivity contribution is 5.79. The molecule has 0 bridgehead atoms. The quantitative estimate of drug-likeness (QED) is 0.290. The number of aliphatic hydroxyl groups excluding tert-OH is 1. The first-order valence-corrected chi connectivity index (χ1v) is 9.68. The van der Waals surface area contributed by atoms with E-state index < -0.39 is 0 Å². The topological polar surface area (TPSA) is 84.3 Å². The largest absolute Gasteiger partial charge is 0.396 e. The van der Waals surface area contributed by atoms with E-state index in [0.717, 1.165) is 71.0 Å². The van der Waals surface area contributed by atoms with Crippen LogP contribution in [0.25, 0.3) is 0 Å². The van der Waals surface area contributed by atoms with Gasteiger partial charge in [-0.25, -0.2) is 0 Å². The lowest BCUT2D eigenvalue weighted by atomic mass is 9.84. The highest BCUT2D eigenvalue weighted by Gasteiger charge is 2.34. The summed E-state index contributed by atoms with van der Waals surface area (Å²) < 4.78 is 16.7. The molecule has 25 heavy (non-hydrogen) atoms. The Morgan fingerprint density at radius 2 is 2.28 bits per heavy atom. The van der Waals surface area contributed by atoms with Crippen molar-refractivity contribution in [1.29, 1.82) is 0 Å². The van der Waals surface area contributed by atoms with Gasteiger partial charge in [0.05, 0.1) is 25.9 Å². The smallest absolute Gasteiger partial charge is 0.191 e. The van der Waals surface area contributed by atoms with E-state index in [4.69, 9.17) is 19.2 Å². The number of guanidine groups is 1. The standard InChI is InChI=1S/C18H35N3O4/c1-2-19-17(21-14-18(6-9-22)7-12-24-15-18)20-8-4-10-23-13-16-5-3-11-25-16/h16,22H,2-15H2,1H3,(H2,19,20,21). The summed E-state index contributed by atoms with van der Waals surface area (Å²) in [5.41, 5.74) is -0.0124. The van der Waals surface area contributed by atoms with Crippen LogP contribution in [0, 0.1) is 5.41 Å². The van der Waals surface area contributed by atoms with Gasteiger partial charge in [0.1, 0.15) is 0 Å². The van der Waals surface area contributed by atoms with E-state index in [9.17, 15) is 5.11 Å². The fourth-order valence-electron chi connectivity index (χ4n) is 3.25. The van der Waals surface area contributed by atoms with Crippen LogP contribution < -0.4 is 10.6 Å². The van der Waals surface area contributed by atoms with E-state index >= 15 is 0 Å².